The molecule has 0 aromatic rings. The van der Waals surface area contributed by atoms with E-state index < -0.39 is 29.0 Å². The molecule has 0 aromatic heterocycles. The highest BCUT2D eigenvalue weighted by Gasteiger charge is 2.49. The summed E-state index contributed by atoms with van der Waals surface area (Å²) in [5, 5.41) is 9.44. The van der Waals surface area contributed by atoms with E-state index in [4.69, 9.17) is 15.2 Å². The van der Waals surface area contributed by atoms with Crippen LogP contribution in [0.1, 0.15) is 27.7 Å². The summed E-state index contributed by atoms with van der Waals surface area (Å²) in [6.07, 6.45) is 0. The number of esters is 1. The molecule has 0 aliphatic carbocycles. The molecule has 7 nitrogen and oxygen atoms in total. The standard InChI is InChI=1S/C14H28N2O5/c1-13(2,3)21-12(19)14(4,11(17)18)10(15)9-16(5)7-8-20-6/h10H,7-9,15H2,1-6H3,(H,17,18). The van der Waals surface area contributed by atoms with E-state index >= 15 is 0 Å². The molecule has 0 amide bonds. The highest BCUT2D eigenvalue weighted by Crippen LogP contribution is 2.26. The van der Waals surface area contributed by atoms with E-state index in [1.165, 1.54) is 6.92 Å². The second-order valence-corrected chi connectivity index (χ2v) is 6.37. The Morgan fingerprint density at radius 1 is 1.29 bits per heavy atom. The van der Waals surface area contributed by atoms with Crippen LogP contribution in [0.25, 0.3) is 0 Å². The lowest BCUT2D eigenvalue weighted by atomic mass is 9.82. The van der Waals surface area contributed by atoms with Crippen LogP contribution < -0.4 is 5.73 Å². The average Bonchev–Trinajstić information content (AvgIpc) is 2.32. The van der Waals surface area contributed by atoms with Gasteiger partial charge in [0.05, 0.1) is 6.61 Å². The molecule has 0 spiro atoms. The minimum absolute atomic E-state index is 0.241. The van der Waals surface area contributed by atoms with E-state index in [-0.39, 0.29) is 6.54 Å². The minimum Gasteiger partial charge on any atom is -0.480 e. The lowest BCUT2D eigenvalue weighted by molar-refractivity contribution is -0.177. The van der Waals surface area contributed by atoms with Crippen LogP contribution in [0.3, 0.4) is 0 Å². The fraction of sp³-hybridized carbons (Fsp3) is 0.857. The Hall–Kier alpha value is -1.18. The maximum atomic E-state index is 12.2. The SMILES string of the molecule is COCCN(C)CC(N)C(C)(C(=O)O)C(=O)OC(C)(C)C. The first kappa shape index (κ1) is 19.8. The van der Waals surface area contributed by atoms with Gasteiger partial charge >= 0.3 is 11.9 Å². The summed E-state index contributed by atoms with van der Waals surface area (Å²) >= 11 is 0. The van der Waals surface area contributed by atoms with Gasteiger partial charge < -0.3 is 25.2 Å². The topological polar surface area (TPSA) is 102 Å². The molecular weight excluding hydrogens is 276 g/mol. The molecule has 0 aliphatic heterocycles. The smallest absolute Gasteiger partial charge is 0.325 e. The normalized spacial score (nSPS) is 16.4. The third-order valence-electron chi connectivity index (χ3n) is 3.19. The van der Waals surface area contributed by atoms with Gasteiger partial charge in [-0.05, 0) is 34.7 Å². The monoisotopic (exact) mass is 304 g/mol. The summed E-state index contributed by atoms with van der Waals surface area (Å²) in [6.45, 7) is 7.69. The van der Waals surface area contributed by atoms with Gasteiger partial charge in [0.1, 0.15) is 5.60 Å². The molecule has 0 rings (SSSR count). The predicted octanol–water partition coefficient (Wildman–Crippen LogP) is 0.325. The van der Waals surface area contributed by atoms with Crippen LogP contribution in [0.4, 0.5) is 0 Å². The van der Waals surface area contributed by atoms with Crippen molar-refractivity contribution in [2.24, 2.45) is 11.1 Å². The van der Waals surface area contributed by atoms with Crippen LogP contribution in [0, 0.1) is 5.41 Å². The van der Waals surface area contributed by atoms with Crippen molar-refractivity contribution >= 4 is 11.9 Å². The fourth-order valence-corrected chi connectivity index (χ4v) is 1.64. The summed E-state index contributed by atoms with van der Waals surface area (Å²) in [4.78, 5) is 25.6. The molecule has 0 aliphatic rings. The number of methoxy groups -OCH3 is 1. The van der Waals surface area contributed by atoms with Gasteiger partial charge in [0.15, 0.2) is 5.41 Å². The highest BCUT2D eigenvalue weighted by molar-refractivity contribution is 5.99. The van der Waals surface area contributed by atoms with Gasteiger partial charge in [-0.15, -0.1) is 0 Å². The van der Waals surface area contributed by atoms with Crippen molar-refractivity contribution in [2.45, 2.75) is 39.3 Å². The van der Waals surface area contributed by atoms with E-state index in [1.54, 1.807) is 34.9 Å². The van der Waals surface area contributed by atoms with E-state index in [9.17, 15) is 14.7 Å². The first-order valence-corrected chi connectivity index (χ1v) is 6.85. The fourth-order valence-electron chi connectivity index (χ4n) is 1.64. The van der Waals surface area contributed by atoms with Gasteiger partial charge in [-0.2, -0.15) is 0 Å². The van der Waals surface area contributed by atoms with E-state index in [1.807, 2.05) is 4.90 Å². The Morgan fingerprint density at radius 3 is 2.19 bits per heavy atom. The van der Waals surface area contributed by atoms with Crippen molar-refractivity contribution in [3.8, 4) is 0 Å². The molecule has 2 atom stereocenters. The Labute approximate surface area is 126 Å². The average molecular weight is 304 g/mol. The molecule has 0 aromatic carbocycles. The second-order valence-electron chi connectivity index (χ2n) is 6.37. The number of hydrogen-bond donors (Lipinski definition) is 2. The van der Waals surface area contributed by atoms with Crippen molar-refractivity contribution in [3.63, 3.8) is 0 Å². The summed E-state index contributed by atoms with van der Waals surface area (Å²) in [7, 11) is 3.37. The number of nitrogens with two attached hydrogens (primary N) is 1. The Bertz CT molecular complexity index is 367. The van der Waals surface area contributed by atoms with Crippen LogP contribution in [0.15, 0.2) is 0 Å². The molecule has 7 heteroatoms. The first-order chi connectivity index (χ1) is 9.45. The first-order valence-electron chi connectivity index (χ1n) is 6.85. The zero-order valence-corrected chi connectivity index (χ0v) is 13.8. The number of rotatable bonds is 8. The Kier molecular flexibility index (Phi) is 7.29. The minimum atomic E-state index is -1.80. The van der Waals surface area contributed by atoms with Crippen LogP contribution in [-0.2, 0) is 19.1 Å². The van der Waals surface area contributed by atoms with Crippen molar-refractivity contribution in [1.82, 2.24) is 4.90 Å². The molecule has 0 fully saturated rings. The zero-order chi connectivity index (χ0) is 16.8. The second kappa shape index (κ2) is 7.72. The van der Waals surface area contributed by atoms with Crippen LogP contribution in [-0.4, -0.2) is 67.4 Å². The van der Waals surface area contributed by atoms with E-state index in [2.05, 4.69) is 0 Å². The molecule has 0 radical (unpaired) electrons. The Balaban J connectivity index is 5.01. The number of carbonyl (C=O) groups excluding carboxylic acids is 1. The maximum absolute atomic E-state index is 12.2. The number of carbonyl (C=O) groups is 2. The number of nitrogens with zero attached hydrogens (tertiary/aromatic N) is 1. The lowest BCUT2D eigenvalue weighted by Gasteiger charge is -2.34. The summed E-state index contributed by atoms with van der Waals surface area (Å²) in [5.74, 6) is -2.11. The predicted molar refractivity (Wildman–Crippen MR) is 78.9 cm³/mol. The number of hydrogen-bond acceptors (Lipinski definition) is 6. The number of aliphatic carboxylic acids is 1. The zero-order valence-electron chi connectivity index (χ0n) is 13.8. The van der Waals surface area contributed by atoms with Crippen molar-refractivity contribution < 1.29 is 24.2 Å². The van der Waals surface area contributed by atoms with Crippen LogP contribution >= 0.6 is 0 Å². The highest BCUT2D eigenvalue weighted by atomic mass is 16.6. The molecular formula is C14H28N2O5. The number of carboxylic acid groups (broad SMARTS) is 1. The molecule has 21 heavy (non-hydrogen) atoms. The molecule has 0 saturated carbocycles. The van der Waals surface area contributed by atoms with Crippen LogP contribution in [0.2, 0.25) is 0 Å². The third-order valence-corrected chi connectivity index (χ3v) is 3.19. The maximum Gasteiger partial charge on any atom is 0.325 e. The molecule has 0 saturated heterocycles. The van der Waals surface area contributed by atoms with Gasteiger partial charge in [0.2, 0.25) is 0 Å². The molecule has 0 heterocycles. The van der Waals surface area contributed by atoms with E-state index in [0.717, 1.165) is 0 Å². The molecule has 0 bridgehead atoms. The van der Waals surface area contributed by atoms with Crippen molar-refractivity contribution in [3.05, 3.63) is 0 Å². The Morgan fingerprint density at radius 2 is 1.81 bits per heavy atom. The molecule has 3 N–H and O–H groups in total. The van der Waals surface area contributed by atoms with Gasteiger partial charge in [0, 0.05) is 26.2 Å². The van der Waals surface area contributed by atoms with Gasteiger partial charge in [0.25, 0.3) is 0 Å². The third kappa shape index (κ3) is 5.99. The number of likely N-dealkylation sites (N-methyl/N-ethyl adjacent to an activating group) is 1. The largest absolute Gasteiger partial charge is 0.480 e. The number of carboxylic acids is 1. The van der Waals surface area contributed by atoms with Crippen molar-refractivity contribution in [1.29, 1.82) is 0 Å². The lowest BCUT2D eigenvalue weighted by Crippen LogP contribution is -2.57. The van der Waals surface area contributed by atoms with Crippen molar-refractivity contribution in [2.75, 3.05) is 33.9 Å². The quantitative estimate of drug-likeness (QED) is 0.492. The van der Waals surface area contributed by atoms with E-state index in [0.29, 0.717) is 13.2 Å². The summed E-state index contributed by atoms with van der Waals surface area (Å²) in [6, 6.07) is -0.897. The van der Waals surface area contributed by atoms with Gasteiger partial charge in [-0.3, -0.25) is 9.59 Å². The molecule has 124 valence electrons. The summed E-state index contributed by atoms with van der Waals surface area (Å²) < 4.78 is 10.2. The number of ether oxygens (including phenoxy) is 2. The van der Waals surface area contributed by atoms with Gasteiger partial charge in [-0.1, -0.05) is 0 Å². The van der Waals surface area contributed by atoms with Crippen LogP contribution in [0.5, 0.6) is 0 Å². The van der Waals surface area contributed by atoms with Gasteiger partial charge in [-0.25, -0.2) is 0 Å². The summed E-state index contributed by atoms with van der Waals surface area (Å²) in [5.41, 5.74) is 3.42. The molecule has 2 unspecified atom stereocenters.